The number of halogens is 3. The first-order valence-electron chi connectivity index (χ1n) is 8.52. The fraction of sp³-hybridized carbons (Fsp3) is 0.444. The van der Waals surface area contributed by atoms with E-state index in [-0.39, 0.29) is 18.1 Å². The third kappa shape index (κ3) is 4.80. The van der Waals surface area contributed by atoms with E-state index in [4.69, 9.17) is 17.3 Å². The maximum absolute atomic E-state index is 14.0. The van der Waals surface area contributed by atoms with E-state index in [0.717, 1.165) is 17.7 Å². The second-order valence-corrected chi connectivity index (χ2v) is 6.95. The topological polar surface area (TPSA) is 66.0 Å². The summed E-state index contributed by atoms with van der Waals surface area (Å²) in [6.45, 7) is -0.274. The Hall–Kier alpha value is -1.99. The summed E-state index contributed by atoms with van der Waals surface area (Å²) in [5.41, 5.74) is 7.74. The van der Waals surface area contributed by atoms with Crippen molar-refractivity contribution in [1.82, 2.24) is 10.2 Å². The quantitative estimate of drug-likeness (QED) is 0.422. The zero-order valence-electron chi connectivity index (χ0n) is 14.3. The highest BCUT2D eigenvalue weighted by molar-refractivity contribution is 6.22. The zero-order chi connectivity index (χ0) is 18.6. The standard InChI is InChI=1S/C18H22ClF2N5/c19-17-4-3-15-16(25-17)7-13(10-24-15)14(8-22)9-23-11-18(20,21)12-26-5-1-2-6-26/h1,3-5,8-10,16-17,25H,2,6-7,11-12,22H2. The molecule has 0 saturated heterocycles. The number of nitrogens with two attached hydrogens (primary N) is 1. The Bertz CT molecular complexity index is 708. The van der Waals surface area contributed by atoms with Crippen LogP contribution in [0, 0.1) is 0 Å². The van der Waals surface area contributed by atoms with E-state index in [1.807, 2.05) is 18.2 Å². The van der Waals surface area contributed by atoms with Crippen molar-refractivity contribution >= 4 is 23.5 Å². The molecule has 3 aliphatic heterocycles. The van der Waals surface area contributed by atoms with Crippen LogP contribution in [-0.4, -0.2) is 53.9 Å². The van der Waals surface area contributed by atoms with E-state index in [9.17, 15) is 8.78 Å². The molecule has 0 fully saturated rings. The molecule has 2 unspecified atom stereocenters. The molecule has 8 heteroatoms. The average molecular weight is 382 g/mol. The number of nitrogens with zero attached hydrogens (tertiary/aromatic N) is 3. The molecule has 5 nitrogen and oxygen atoms in total. The van der Waals surface area contributed by atoms with Gasteiger partial charge >= 0.3 is 0 Å². The van der Waals surface area contributed by atoms with Crippen LogP contribution in [0.1, 0.15) is 12.8 Å². The number of rotatable bonds is 6. The lowest BCUT2D eigenvalue weighted by molar-refractivity contribution is -0.0104. The van der Waals surface area contributed by atoms with Gasteiger partial charge in [0.05, 0.1) is 18.3 Å². The molecule has 0 radical (unpaired) electrons. The molecule has 0 aliphatic carbocycles. The van der Waals surface area contributed by atoms with Gasteiger partial charge in [0, 0.05) is 30.7 Å². The minimum absolute atomic E-state index is 0.0192. The van der Waals surface area contributed by atoms with Gasteiger partial charge in [-0.3, -0.25) is 15.3 Å². The van der Waals surface area contributed by atoms with Gasteiger partial charge in [-0.05, 0) is 30.7 Å². The molecule has 3 aliphatic rings. The van der Waals surface area contributed by atoms with Crippen molar-refractivity contribution in [3.05, 3.63) is 48.0 Å². The molecule has 0 spiro atoms. The highest BCUT2D eigenvalue weighted by Gasteiger charge is 2.31. The molecule has 0 aromatic heterocycles. The second-order valence-electron chi connectivity index (χ2n) is 6.48. The Balaban J connectivity index is 1.60. The maximum Gasteiger partial charge on any atom is 0.284 e. The average Bonchev–Trinajstić information content (AvgIpc) is 3.10. The van der Waals surface area contributed by atoms with Crippen LogP contribution in [0.15, 0.2) is 58.0 Å². The van der Waals surface area contributed by atoms with E-state index in [1.165, 1.54) is 12.4 Å². The summed E-state index contributed by atoms with van der Waals surface area (Å²) < 4.78 is 28.1. The fourth-order valence-corrected chi connectivity index (χ4v) is 3.30. The molecule has 0 amide bonds. The number of allylic oxidation sites excluding steroid dienone is 1. The summed E-state index contributed by atoms with van der Waals surface area (Å²) in [7, 11) is 0. The first kappa shape index (κ1) is 18.8. The third-order valence-electron chi connectivity index (χ3n) is 4.38. The van der Waals surface area contributed by atoms with Crippen LogP contribution in [0.4, 0.5) is 8.78 Å². The van der Waals surface area contributed by atoms with E-state index in [1.54, 1.807) is 17.3 Å². The molecule has 3 heterocycles. The number of alkyl halides is 3. The van der Waals surface area contributed by atoms with Gasteiger partial charge in [-0.1, -0.05) is 12.2 Å². The second kappa shape index (κ2) is 8.14. The minimum atomic E-state index is -2.89. The van der Waals surface area contributed by atoms with Crippen molar-refractivity contribution in [2.24, 2.45) is 15.7 Å². The van der Waals surface area contributed by atoms with E-state index >= 15 is 0 Å². The predicted molar refractivity (Wildman–Crippen MR) is 102 cm³/mol. The summed E-state index contributed by atoms with van der Waals surface area (Å²) in [6, 6.07) is -0.0192. The first-order valence-corrected chi connectivity index (χ1v) is 8.96. The van der Waals surface area contributed by atoms with Crippen LogP contribution in [-0.2, 0) is 0 Å². The van der Waals surface area contributed by atoms with E-state index in [2.05, 4.69) is 15.3 Å². The molecule has 3 N–H and O–H groups in total. The summed E-state index contributed by atoms with van der Waals surface area (Å²) in [5.74, 6) is -2.89. The first-order chi connectivity index (χ1) is 12.5. The van der Waals surface area contributed by atoms with Gasteiger partial charge in [-0.15, -0.1) is 11.6 Å². The molecular weight excluding hydrogens is 360 g/mol. The fourth-order valence-electron chi connectivity index (χ4n) is 3.07. The van der Waals surface area contributed by atoms with Gasteiger partial charge in [0.15, 0.2) is 0 Å². The summed E-state index contributed by atoms with van der Waals surface area (Å²) >= 11 is 6.07. The molecule has 0 aromatic carbocycles. The Morgan fingerprint density at radius 3 is 3.12 bits per heavy atom. The molecular formula is C18H22ClF2N5. The Kier molecular flexibility index (Phi) is 5.88. The predicted octanol–water partition coefficient (Wildman–Crippen LogP) is 2.58. The lowest BCUT2D eigenvalue weighted by Crippen LogP contribution is -2.44. The van der Waals surface area contributed by atoms with Gasteiger partial charge in [0.25, 0.3) is 5.92 Å². The van der Waals surface area contributed by atoms with Gasteiger partial charge in [-0.2, -0.15) is 0 Å². The normalized spacial score (nSPS) is 26.3. The lowest BCUT2D eigenvalue weighted by Gasteiger charge is -2.28. The van der Waals surface area contributed by atoms with E-state index < -0.39 is 12.5 Å². The highest BCUT2D eigenvalue weighted by Crippen LogP contribution is 2.23. The molecule has 0 saturated carbocycles. The zero-order valence-corrected chi connectivity index (χ0v) is 15.0. The molecule has 140 valence electrons. The van der Waals surface area contributed by atoms with E-state index in [0.29, 0.717) is 18.5 Å². The Morgan fingerprint density at radius 1 is 1.54 bits per heavy atom. The van der Waals surface area contributed by atoms with Crippen LogP contribution in [0.3, 0.4) is 0 Å². The maximum atomic E-state index is 14.0. The number of fused-ring (bicyclic) bond motifs is 1. The lowest BCUT2D eigenvalue weighted by atomic mass is 9.93. The van der Waals surface area contributed by atoms with Crippen molar-refractivity contribution in [1.29, 1.82) is 0 Å². The number of hydrogen-bond acceptors (Lipinski definition) is 5. The molecule has 3 rings (SSSR count). The molecule has 0 bridgehead atoms. The number of aliphatic imine (C=N–C) groups is 2. The van der Waals surface area contributed by atoms with Gasteiger partial charge < -0.3 is 10.6 Å². The molecule has 26 heavy (non-hydrogen) atoms. The Morgan fingerprint density at radius 2 is 2.38 bits per heavy atom. The monoisotopic (exact) mass is 381 g/mol. The highest BCUT2D eigenvalue weighted by atomic mass is 35.5. The summed E-state index contributed by atoms with van der Waals surface area (Å²) in [6.07, 6.45) is 13.2. The largest absolute Gasteiger partial charge is 0.404 e. The van der Waals surface area contributed by atoms with Crippen molar-refractivity contribution in [2.45, 2.75) is 30.3 Å². The van der Waals surface area contributed by atoms with Crippen molar-refractivity contribution in [2.75, 3.05) is 19.6 Å². The third-order valence-corrected chi connectivity index (χ3v) is 4.66. The van der Waals surface area contributed by atoms with Gasteiger partial charge in [0.1, 0.15) is 12.0 Å². The smallest absolute Gasteiger partial charge is 0.284 e. The minimum Gasteiger partial charge on any atom is -0.404 e. The van der Waals surface area contributed by atoms with Crippen LogP contribution in [0.25, 0.3) is 0 Å². The number of hydrogen-bond donors (Lipinski definition) is 2. The van der Waals surface area contributed by atoms with Crippen LogP contribution in [0.5, 0.6) is 0 Å². The number of nitrogens with one attached hydrogen (secondary N) is 1. The van der Waals surface area contributed by atoms with Gasteiger partial charge in [-0.25, -0.2) is 8.78 Å². The summed E-state index contributed by atoms with van der Waals surface area (Å²) in [4.78, 5) is 9.93. The van der Waals surface area contributed by atoms with Crippen molar-refractivity contribution in [3.63, 3.8) is 0 Å². The Labute approximate surface area is 156 Å². The van der Waals surface area contributed by atoms with Crippen LogP contribution in [0.2, 0.25) is 0 Å². The molecule has 0 aromatic rings. The van der Waals surface area contributed by atoms with Crippen molar-refractivity contribution in [3.8, 4) is 0 Å². The van der Waals surface area contributed by atoms with Crippen LogP contribution < -0.4 is 11.1 Å². The van der Waals surface area contributed by atoms with Crippen molar-refractivity contribution < 1.29 is 8.78 Å². The van der Waals surface area contributed by atoms with Gasteiger partial charge in [0.2, 0.25) is 0 Å². The SMILES string of the molecule is NC=C(C=NCC(F)(F)CN1C=CCC1)C1=CN=C2C=CC(Cl)NC2C1. The summed E-state index contributed by atoms with van der Waals surface area (Å²) in [5, 5.41) is 3.21. The molecule has 2 atom stereocenters. The van der Waals surface area contributed by atoms with Crippen LogP contribution >= 0.6 is 11.6 Å².